The SMILES string of the molecule is Cl.NCC1CCC(C(=O)N(C(=O)[C@@H](N)Cc2ccc(-c3cnccc3Cl)cc2)c2ccc(-c3nn[nH]n3)cc2)CC1. The molecule has 2 amide bonds. The Morgan fingerprint density at radius 3 is 2.29 bits per heavy atom. The monoisotopic (exact) mass is 594 g/mol. The second-order valence-corrected chi connectivity index (χ2v) is 10.5. The number of carbonyl (C=O) groups excluding carboxylic acids is 2. The number of halogens is 2. The minimum absolute atomic E-state index is 0. The van der Waals surface area contributed by atoms with E-state index in [9.17, 15) is 9.59 Å². The van der Waals surface area contributed by atoms with Crippen molar-refractivity contribution in [2.45, 2.75) is 38.1 Å². The van der Waals surface area contributed by atoms with Crippen LogP contribution >= 0.6 is 24.0 Å². The number of carbonyl (C=O) groups is 2. The van der Waals surface area contributed by atoms with Gasteiger partial charge in [-0.2, -0.15) is 5.21 Å². The van der Waals surface area contributed by atoms with Gasteiger partial charge in [0.2, 0.25) is 11.7 Å². The van der Waals surface area contributed by atoms with Gasteiger partial charge in [-0.15, -0.1) is 22.6 Å². The van der Waals surface area contributed by atoms with Crippen molar-refractivity contribution in [3.63, 3.8) is 0 Å². The predicted molar refractivity (Wildman–Crippen MR) is 160 cm³/mol. The summed E-state index contributed by atoms with van der Waals surface area (Å²) >= 11 is 6.31. The third kappa shape index (κ3) is 6.97. The highest BCUT2D eigenvalue weighted by Crippen LogP contribution is 2.32. The van der Waals surface area contributed by atoms with Crippen molar-refractivity contribution in [1.29, 1.82) is 0 Å². The van der Waals surface area contributed by atoms with Crippen molar-refractivity contribution in [1.82, 2.24) is 25.6 Å². The van der Waals surface area contributed by atoms with E-state index in [1.165, 1.54) is 4.90 Å². The van der Waals surface area contributed by atoms with Gasteiger partial charge in [-0.1, -0.05) is 35.9 Å². The number of nitrogens with zero attached hydrogens (tertiary/aromatic N) is 5. The van der Waals surface area contributed by atoms with Crippen molar-refractivity contribution < 1.29 is 9.59 Å². The largest absolute Gasteiger partial charge is 0.330 e. The average molecular weight is 596 g/mol. The summed E-state index contributed by atoms with van der Waals surface area (Å²) in [5.41, 5.74) is 16.1. The van der Waals surface area contributed by atoms with Gasteiger partial charge in [0, 0.05) is 29.4 Å². The lowest BCUT2D eigenvalue weighted by molar-refractivity contribution is -0.130. The summed E-state index contributed by atoms with van der Waals surface area (Å²) in [6.07, 6.45) is 6.74. The van der Waals surface area contributed by atoms with E-state index in [2.05, 4.69) is 25.6 Å². The fourth-order valence-corrected chi connectivity index (χ4v) is 5.37. The van der Waals surface area contributed by atoms with E-state index in [4.69, 9.17) is 23.1 Å². The van der Waals surface area contributed by atoms with Crippen molar-refractivity contribution >= 4 is 41.5 Å². The quantitative estimate of drug-likeness (QED) is 0.274. The molecule has 0 unspecified atom stereocenters. The number of amides is 2. The molecule has 0 aliphatic heterocycles. The number of anilines is 1. The molecule has 2 aromatic carbocycles. The molecule has 1 fully saturated rings. The van der Waals surface area contributed by atoms with Crippen LogP contribution in [0.4, 0.5) is 5.69 Å². The van der Waals surface area contributed by atoms with E-state index in [1.807, 2.05) is 24.3 Å². The molecule has 0 bridgehead atoms. The maximum atomic E-state index is 13.8. The Morgan fingerprint density at radius 2 is 1.68 bits per heavy atom. The average Bonchev–Trinajstić information content (AvgIpc) is 3.53. The van der Waals surface area contributed by atoms with Crippen LogP contribution in [0.1, 0.15) is 31.2 Å². The van der Waals surface area contributed by atoms with Gasteiger partial charge in [-0.05, 0) is 91.2 Å². The Bertz CT molecular complexity index is 1440. The standard InChI is InChI=1S/C29H31ClN8O2.ClH/c30-25-13-14-33-17-24(25)20-5-1-18(2-6-20)15-26(32)29(40)38(28(39)22-7-3-19(16-31)4-8-22)23-11-9-21(10-12-23)27-34-36-37-35-27;/h1-2,5-6,9-14,17,19,22,26H,3-4,7-8,15-16,31-32H2,(H,34,35,36,37);1H/t19?,22?,26-;/m0./s1. The molecule has 2 heterocycles. The number of hydrogen-bond donors (Lipinski definition) is 3. The molecule has 1 atom stereocenters. The van der Waals surface area contributed by atoms with Crippen LogP contribution in [0.3, 0.4) is 0 Å². The van der Waals surface area contributed by atoms with Gasteiger partial charge >= 0.3 is 0 Å². The van der Waals surface area contributed by atoms with Gasteiger partial charge in [0.25, 0.3) is 5.91 Å². The van der Waals surface area contributed by atoms with Gasteiger partial charge in [0.05, 0.1) is 16.8 Å². The second-order valence-electron chi connectivity index (χ2n) is 10.1. The Balaban J connectivity index is 0.00000387. The first-order valence-electron chi connectivity index (χ1n) is 13.3. The number of aromatic nitrogens is 5. The number of imide groups is 1. The van der Waals surface area contributed by atoms with Crippen LogP contribution in [0, 0.1) is 11.8 Å². The number of hydrogen-bond acceptors (Lipinski definition) is 8. The molecule has 5 rings (SSSR count). The summed E-state index contributed by atoms with van der Waals surface area (Å²) in [7, 11) is 0. The minimum Gasteiger partial charge on any atom is -0.330 e. The van der Waals surface area contributed by atoms with Gasteiger partial charge in [-0.3, -0.25) is 14.6 Å². The number of nitrogens with two attached hydrogens (primary N) is 2. The fourth-order valence-electron chi connectivity index (χ4n) is 5.15. The molecular weight excluding hydrogens is 563 g/mol. The van der Waals surface area contributed by atoms with Crippen LogP contribution < -0.4 is 16.4 Å². The molecule has 4 aromatic rings. The molecule has 0 spiro atoms. The van der Waals surface area contributed by atoms with Crippen molar-refractivity contribution in [2.75, 3.05) is 11.4 Å². The number of benzene rings is 2. The normalized spacial score (nSPS) is 17.3. The third-order valence-electron chi connectivity index (χ3n) is 7.50. The van der Waals surface area contributed by atoms with Crippen molar-refractivity contribution in [3.8, 4) is 22.5 Å². The summed E-state index contributed by atoms with van der Waals surface area (Å²) < 4.78 is 0. The first-order chi connectivity index (χ1) is 19.4. The smallest absolute Gasteiger partial charge is 0.251 e. The summed E-state index contributed by atoms with van der Waals surface area (Å²) in [5, 5.41) is 14.6. The van der Waals surface area contributed by atoms with Crippen LogP contribution in [0.25, 0.3) is 22.5 Å². The minimum atomic E-state index is -0.922. The Hall–Kier alpha value is -3.70. The van der Waals surface area contributed by atoms with Crippen LogP contribution in [0.5, 0.6) is 0 Å². The van der Waals surface area contributed by atoms with Crippen LogP contribution in [-0.2, 0) is 16.0 Å². The first kappa shape index (κ1) is 30.3. The molecule has 10 nitrogen and oxygen atoms in total. The summed E-state index contributed by atoms with van der Waals surface area (Å²) in [6, 6.07) is 15.4. The molecule has 0 radical (unpaired) electrons. The maximum absolute atomic E-state index is 13.8. The van der Waals surface area contributed by atoms with Crippen LogP contribution in [-0.4, -0.2) is 50.0 Å². The zero-order valence-electron chi connectivity index (χ0n) is 22.3. The molecule has 0 saturated heterocycles. The zero-order chi connectivity index (χ0) is 28.1. The van der Waals surface area contributed by atoms with Crippen molar-refractivity contribution in [2.24, 2.45) is 23.3 Å². The molecule has 2 aromatic heterocycles. The van der Waals surface area contributed by atoms with E-state index < -0.39 is 11.9 Å². The molecule has 41 heavy (non-hydrogen) atoms. The number of tetrazole rings is 1. The first-order valence-corrected chi connectivity index (χ1v) is 13.7. The highest BCUT2D eigenvalue weighted by atomic mass is 35.5. The van der Waals surface area contributed by atoms with Gasteiger partial charge in [0.15, 0.2) is 0 Å². The number of nitrogens with one attached hydrogen (secondary N) is 1. The lowest BCUT2D eigenvalue weighted by atomic mass is 9.81. The highest BCUT2D eigenvalue weighted by Gasteiger charge is 2.35. The number of pyridine rings is 1. The Labute approximate surface area is 249 Å². The predicted octanol–water partition coefficient (Wildman–Crippen LogP) is 4.20. The van der Waals surface area contributed by atoms with E-state index in [0.717, 1.165) is 29.5 Å². The van der Waals surface area contributed by atoms with Gasteiger partial charge < -0.3 is 11.5 Å². The summed E-state index contributed by atoms with van der Waals surface area (Å²) in [5.74, 6) is -0.111. The molecular formula is C29H32Cl2N8O2. The fraction of sp³-hybridized carbons (Fsp3) is 0.310. The number of H-pyrrole nitrogens is 1. The highest BCUT2D eigenvalue weighted by molar-refractivity contribution is 6.33. The molecule has 12 heteroatoms. The maximum Gasteiger partial charge on any atom is 0.251 e. The Morgan fingerprint density at radius 1 is 1.00 bits per heavy atom. The van der Waals surface area contributed by atoms with Gasteiger partial charge in [-0.25, -0.2) is 4.90 Å². The molecule has 5 N–H and O–H groups in total. The number of rotatable bonds is 8. The zero-order valence-corrected chi connectivity index (χ0v) is 23.9. The lowest BCUT2D eigenvalue weighted by Crippen LogP contribution is -2.50. The molecule has 1 aliphatic rings. The second kappa shape index (κ2) is 13.8. The summed E-state index contributed by atoms with van der Waals surface area (Å²) in [6.45, 7) is 0.609. The van der Waals surface area contributed by atoms with E-state index in [0.29, 0.717) is 47.4 Å². The van der Waals surface area contributed by atoms with Crippen molar-refractivity contribution in [3.05, 3.63) is 77.6 Å². The molecule has 1 saturated carbocycles. The molecule has 214 valence electrons. The topological polar surface area (TPSA) is 157 Å². The number of aromatic amines is 1. The third-order valence-corrected chi connectivity index (χ3v) is 7.83. The molecule has 1 aliphatic carbocycles. The van der Waals surface area contributed by atoms with E-state index in [-0.39, 0.29) is 30.7 Å². The van der Waals surface area contributed by atoms with Crippen LogP contribution in [0.15, 0.2) is 67.0 Å². The van der Waals surface area contributed by atoms with Crippen LogP contribution in [0.2, 0.25) is 5.02 Å². The summed E-state index contributed by atoms with van der Waals surface area (Å²) in [4.78, 5) is 33.0. The van der Waals surface area contributed by atoms with E-state index in [1.54, 1.807) is 42.7 Å². The van der Waals surface area contributed by atoms with E-state index >= 15 is 0 Å². The lowest BCUT2D eigenvalue weighted by Gasteiger charge is -2.32. The van der Waals surface area contributed by atoms with Gasteiger partial charge in [0.1, 0.15) is 0 Å². The Kier molecular flexibility index (Phi) is 10.2.